The summed E-state index contributed by atoms with van der Waals surface area (Å²) in [5.74, 6) is 1.49. The zero-order valence-electron chi connectivity index (χ0n) is 27.1. The quantitative estimate of drug-likeness (QED) is 0.0794. The second-order valence-electron chi connectivity index (χ2n) is 12.3. The van der Waals surface area contributed by atoms with Crippen molar-refractivity contribution in [2.75, 3.05) is 6.61 Å². The van der Waals surface area contributed by atoms with Gasteiger partial charge in [-0.15, -0.1) is 0 Å². The van der Waals surface area contributed by atoms with Crippen LogP contribution < -0.4 is 14.2 Å². The van der Waals surface area contributed by atoms with Crippen LogP contribution in [0.2, 0.25) is 0 Å². The van der Waals surface area contributed by atoms with Gasteiger partial charge in [-0.1, -0.05) is 96.6 Å². The summed E-state index contributed by atoms with van der Waals surface area (Å²) < 4.78 is 17.7. The molecule has 44 heavy (non-hydrogen) atoms. The molecule has 0 saturated heterocycles. The normalized spacial score (nSPS) is 14.1. The number of carbonyl (C=O) groups is 1. The molecule has 0 saturated carbocycles. The molecule has 4 rings (SSSR count). The minimum Gasteiger partial charge on any atom is -0.494 e. The first-order chi connectivity index (χ1) is 21.5. The molecule has 1 aliphatic rings. The number of ether oxygens (including phenoxy) is 3. The maximum Gasteiger partial charge on any atom is 0.343 e. The van der Waals surface area contributed by atoms with Crippen LogP contribution in [0.25, 0.3) is 11.1 Å². The van der Waals surface area contributed by atoms with Gasteiger partial charge in [0.2, 0.25) is 0 Å². The van der Waals surface area contributed by atoms with Crippen LogP contribution in [-0.4, -0.2) is 23.8 Å². The summed E-state index contributed by atoms with van der Waals surface area (Å²) in [5.41, 5.74) is 3.93. The Kier molecular flexibility index (Phi) is 13.6. The van der Waals surface area contributed by atoms with E-state index in [-0.39, 0.29) is 6.10 Å². The molecule has 1 aliphatic carbocycles. The largest absolute Gasteiger partial charge is 0.494 e. The van der Waals surface area contributed by atoms with Gasteiger partial charge in [0.1, 0.15) is 23.4 Å². The second kappa shape index (κ2) is 17.9. The molecule has 0 unspecified atom stereocenters. The lowest BCUT2D eigenvalue weighted by atomic mass is 10.1. The molecule has 3 aromatic carbocycles. The van der Waals surface area contributed by atoms with E-state index in [4.69, 9.17) is 14.2 Å². The van der Waals surface area contributed by atoms with Gasteiger partial charge in [-0.05, 0) is 97.0 Å². The fourth-order valence-electron chi connectivity index (χ4n) is 5.93. The highest BCUT2D eigenvalue weighted by Gasteiger charge is 2.28. The summed E-state index contributed by atoms with van der Waals surface area (Å²) in [4.78, 5) is 12.9. The van der Waals surface area contributed by atoms with E-state index in [0.717, 1.165) is 53.0 Å². The summed E-state index contributed by atoms with van der Waals surface area (Å²) in [7, 11) is 0. The fraction of sp³-hybridized carbons (Fsp3) is 0.513. The molecule has 2 atom stereocenters. The first kappa shape index (κ1) is 33.6. The molecule has 0 radical (unpaired) electrons. The first-order valence-electron chi connectivity index (χ1n) is 17.1. The third kappa shape index (κ3) is 9.85. The van der Waals surface area contributed by atoms with E-state index in [9.17, 15) is 9.90 Å². The maximum atomic E-state index is 12.9. The van der Waals surface area contributed by atoms with Crippen molar-refractivity contribution < 1.29 is 24.1 Å². The molecule has 5 nitrogen and oxygen atoms in total. The number of aliphatic hydroxyl groups is 1. The molecular weight excluding hydrogens is 548 g/mol. The molecule has 1 N–H and O–H groups in total. The molecule has 3 aromatic rings. The smallest absolute Gasteiger partial charge is 0.343 e. The number of fused-ring (bicyclic) bond motifs is 3. The highest BCUT2D eigenvalue weighted by Crippen LogP contribution is 2.46. The van der Waals surface area contributed by atoms with Gasteiger partial charge in [-0.2, -0.15) is 0 Å². The van der Waals surface area contributed by atoms with E-state index < -0.39 is 12.1 Å². The molecule has 0 aromatic heterocycles. The van der Waals surface area contributed by atoms with Crippen molar-refractivity contribution in [1.29, 1.82) is 0 Å². The van der Waals surface area contributed by atoms with Crippen LogP contribution in [0.4, 0.5) is 0 Å². The molecule has 0 fully saturated rings. The van der Waals surface area contributed by atoms with E-state index in [1.54, 1.807) is 24.3 Å². The Labute approximate surface area is 264 Å². The van der Waals surface area contributed by atoms with Crippen molar-refractivity contribution >= 4 is 5.97 Å². The van der Waals surface area contributed by atoms with Crippen molar-refractivity contribution in [1.82, 2.24) is 0 Å². The number of hydrogen-bond acceptors (Lipinski definition) is 5. The van der Waals surface area contributed by atoms with E-state index >= 15 is 0 Å². The van der Waals surface area contributed by atoms with Gasteiger partial charge >= 0.3 is 5.97 Å². The fourth-order valence-corrected chi connectivity index (χ4v) is 5.93. The van der Waals surface area contributed by atoms with Crippen LogP contribution in [0.5, 0.6) is 17.2 Å². The van der Waals surface area contributed by atoms with Crippen LogP contribution in [0.3, 0.4) is 0 Å². The molecular formula is C39H52O5. The molecule has 0 spiro atoms. The van der Waals surface area contributed by atoms with Gasteiger partial charge in [0.15, 0.2) is 0 Å². The molecule has 0 aliphatic heterocycles. The van der Waals surface area contributed by atoms with Crippen LogP contribution in [-0.2, 0) is 0 Å². The Morgan fingerprint density at radius 1 is 0.682 bits per heavy atom. The van der Waals surface area contributed by atoms with E-state index in [2.05, 4.69) is 20.8 Å². The van der Waals surface area contributed by atoms with Gasteiger partial charge < -0.3 is 19.3 Å². The number of benzene rings is 3. The average molecular weight is 601 g/mol. The molecule has 0 bridgehead atoms. The lowest BCUT2D eigenvalue weighted by molar-refractivity contribution is 0.0734. The number of unbranched alkanes of at least 4 members (excludes halogenated alkanes) is 11. The zero-order chi connectivity index (χ0) is 31.1. The van der Waals surface area contributed by atoms with Crippen molar-refractivity contribution in [2.45, 2.75) is 123 Å². The highest BCUT2D eigenvalue weighted by molar-refractivity contribution is 5.91. The topological polar surface area (TPSA) is 65.0 Å². The highest BCUT2D eigenvalue weighted by atomic mass is 16.5. The van der Waals surface area contributed by atoms with Gasteiger partial charge in [0.25, 0.3) is 0 Å². The molecule has 5 heteroatoms. The monoisotopic (exact) mass is 600 g/mol. The molecule has 0 heterocycles. The van der Waals surface area contributed by atoms with Gasteiger partial charge in [-0.25, -0.2) is 4.79 Å². The van der Waals surface area contributed by atoms with Gasteiger partial charge in [0.05, 0.1) is 18.3 Å². The Balaban J connectivity index is 1.23. The Bertz CT molecular complexity index is 1300. The summed E-state index contributed by atoms with van der Waals surface area (Å²) in [6, 6.07) is 18.5. The average Bonchev–Trinajstić information content (AvgIpc) is 3.30. The van der Waals surface area contributed by atoms with Crippen LogP contribution in [0, 0.1) is 0 Å². The van der Waals surface area contributed by atoms with Crippen molar-refractivity contribution in [3.63, 3.8) is 0 Å². The zero-order valence-corrected chi connectivity index (χ0v) is 27.1. The number of rotatable bonds is 20. The number of aliphatic hydroxyl groups excluding tert-OH is 1. The minimum atomic E-state index is -0.802. The predicted octanol–water partition coefficient (Wildman–Crippen LogP) is 10.6. The van der Waals surface area contributed by atoms with Crippen LogP contribution in [0.1, 0.15) is 138 Å². The third-order valence-corrected chi connectivity index (χ3v) is 8.54. The first-order valence-corrected chi connectivity index (χ1v) is 17.1. The Morgan fingerprint density at radius 2 is 1.20 bits per heavy atom. The Hall–Kier alpha value is -3.31. The second-order valence-corrected chi connectivity index (χ2v) is 12.3. The predicted molar refractivity (Wildman–Crippen MR) is 179 cm³/mol. The number of carbonyl (C=O) groups excluding carboxylic acids is 1. The van der Waals surface area contributed by atoms with Crippen molar-refractivity contribution in [2.24, 2.45) is 0 Å². The van der Waals surface area contributed by atoms with Crippen molar-refractivity contribution in [3.05, 3.63) is 77.4 Å². The third-order valence-electron chi connectivity index (χ3n) is 8.54. The van der Waals surface area contributed by atoms with Crippen LogP contribution >= 0.6 is 0 Å². The van der Waals surface area contributed by atoms with E-state index in [1.807, 2.05) is 36.4 Å². The minimum absolute atomic E-state index is 0.122. The lowest BCUT2D eigenvalue weighted by Gasteiger charge is -2.16. The summed E-state index contributed by atoms with van der Waals surface area (Å²) in [6.45, 7) is 7.26. The summed E-state index contributed by atoms with van der Waals surface area (Å²) >= 11 is 0. The SMILES string of the molecule is CCCCCCCCCCCOc1ccc(C(=O)Oc2ccc3c(c2)[C@@H](O)c2cc(O[C@H](C)CCCCCC)ccc2-3)cc1. The van der Waals surface area contributed by atoms with Gasteiger partial charge in [-0.3, -0.25) is 0 Å². The lowest BCUT2D eigenvalue weighted by Crippen LogP contribution is -2.11. The number of hydrogen-bond donors (Lipinski definition) is 1. The van der Waals surface area contributed by atoms with Gasteiger partial charge in [0, 0.05) is 0 Å². The van der Waals surface area contributed by atoms with Crippen molar-refractivity contribution in [3.8, 4) is 28.4 Å². The van der Waals surface area contributed by atoms with E-state index in [1.165, 1.54) is 70.6 Å². The number of esters is 1. The molecule has 238 valence electrons. The summed E-state index contributed by atoms with van der Waals surface area (Å²) in [6.07, 6.45) is 16.7. The maximum absolute atomic E-state index is 12.9. The Morgan fingerprint density at radius 3 is 1.84 bits per heavy atom. The standard InChI is InChI=1S/C39H52O5/c1-4-6-8-10-11-12-13-14-16-26-42-31-20-18-30(19-21-31)39(41)44-33-23-25-35-34-24-22-32(27-36(34)38(40)37(35)28-33)43-29(3)17-15-9-7-5-2/h18-25,27-29,38,40H,4-17,26H2,1-3H3/t29-,38+/m1/s1. The van der Waals surface area contributed by atoms with Crippen LogP contribution in [0.15, 0.2) is 60.7 Å². The summed E-state index contributed by atoms with van der Waals surface area (Å²) in [5, 5.41) is 11.2. The van der Waals surface area contributed by atoms with E-state index in [0.29, 0.717) is 17.9 Å². The molecule has 0 amide bonds.